The van der Waals surface area contributed by atoms with Gasteiger partial charge in [0.25, 0.3) is 0 Å². The van der Waals surface area contributed by atoms with E-state index in [-0.39, 0.29) is 22.8 Å². The van der Waals surface area contributed by atoms with Crippen molar-refractivity contribution in [3.05, 3.63) is 233 Å². The Morgan fingerprint density at radius 2 is 0.972 bits per heavy atom. The van der Waals surface area contributed by atoms with E-state index < -0.39 is 0 Å². The first kappa shape index (κ1) is 49.3. The van der Waals surface area contributed by atoms with Crippen LogP contribution in [0.3, 0.4) is 0 Å². The van der Waals surface area contributed by atoms with E-state index in [0.29, 0.717) is 11.5 Å². The van der Waals surface area contributed by atoms with E-state index in [1.165, 1.54) is 52.8 Å². The van der Waals surface area contributed by atoms with Crippen molar-refractivity contribution in [2.24, 2.45) is 0 Å². The van der Waals surface area contributed by atoms with Crippen molar-refractivity contribution >= 4 is 40.6 Å². The summed E-state index contributed by atoms with van der Waals surface area (Å²) < 4.78 is 21.0. The molecule has 0 spiro atoms. The largest absolute Gasteiger partial charge is 0.497 e. The lowest BCUT2D eigenvalue weighted by Crippen LogP contribution is -2.22. The van der Waals surface area contributed by atoms with Crippen molar-refractivity contribution in [2.45, 2.75) is 65.7 Å². The molecule has 71 heavy (non-hydrogen) atoms. The Morgan fingerprint density at radius 1 is 0.535 bits per heavy atom. The molecule has 0 saturated heterocycles. The maximum absolute atomic E-state index is 11.5. The average Bonchev–Trinajstić information content (AvgIpc) is 3.62. The fourth-order valence-corrected chi connectivity index (χ4v) is 9.42. The van der Waals surface area contributed by atoms with Crippen molar-refractivity contribution in [3.8, 4) is 34.1 Å². The number of carbonyl (C=O) groups excluding carboxylic acids is 2. The summed E-state index contributed by atoms with van der Waals surface area (Å²) in [5.74, 6) is 2.10. The summed E-state index contributed by atoms with van der Waals surface area (Å²) in [6.45, 7) is 14.0. The zero-order valence-electron chi connectivity index (χ0n) is 42.1. The van der Waals surface area contributed by atoms with Gasteiger partial charge in [0.15, 0.2) is 0 Å². The molecule has 0 amide bonds. The van der Waals surface area contributed by atoms with E-state index in [1.807, 2.05) is 72.8 Å². The van der Waals surface area contributed by atoms with Crippen LogP contribution in [0.2, 0.25) is 0 Å². The second-order valence-electron chi connectivity index (χ2n) is 18.6. The fourth-order valence-electron chi connectivity index (χ4n) is 9.42. The molecule has 0 aromatic heterocycles. The molecule has 8 aromatic rings. The summed E-state index contributed by atoms with van der Waals surface area (Å²) in [5.41, 5.74) is 16.3. The molecule has 1 unspecified atom stereocenters. The van der Waals surface area contributed by atoms with Crippen LogP contribution in [0.4, 0.5) is 17.1 Å². The zero-order valence-corrected chi connectivity index (χ0v) is 42.1. The first-order chi connectivity index (χ1) is 34.2. The number of benzene rings is 8. The van der Waals surface area contributed by atoms with Gasteiger partial charge in [-0.15, -0.1) is 0 Å². The van der Waals surface area contributed by atoms with Gasteiger partial charge in [0.05, 0.1) is 14.2 Å². The number of nitrogens with zero attached hydrogens (tertiary/aromatic N) is 1. The second-order valence-corrected chi connectivity index (χ2v) is 18.6. The van der Waals surface area contributed by atoms with E-state index >= 15 is 0 Å². The summed E-state index contributed by atoms with van der Waals surface area (Å²) >= 11 is 0. The van der Waals surface area contributed by atoms with Crippen molar-refractivity contribution in [3.63, 3.8) is 0 Å². The first-order valence-corrected chi connectivity index (χ1v) is 24.0. The van der Waals surface area contributed by atoms with Gasteiger partial charge in [-0.3, -0.25) is 9.59 Å². The van der Waals surface area contributed by atoms with Crippen LogP contribution in [0.1, 0.15) is 92.5 Å². The van der Waals surface area contributed by atoms with Crippen LogP contribution in [0.15, 0.2) is 188 Å². The minimum Gasteiger partial charge on any atom is -0.497 e. The van der Waals surface area contributed by atoms with E-state index in [2.05, 4.69) is 161 Å². The molecule has 0 heterocycles. The summed E-state index contributed by atoms with van der Waals surface area (Å²) in [4.78, 5) is 24.8. The highest BCUT2D eigenvalue weighted by Gasteiger charge is 2.36. The molecule has 1 aliphatic carbocycles. The number of methoxy groups -OCH3 is 2. The average molecular weight is 940 g/mol. The highest BCUT2D eigenvalue weighted by molar-refractivity contribution is 5.92. The lowest BCUT2D eigenvalue weighted by Gasteiger charge is -2.30. The third-order valence-corrected chi connectivity index (χ3v) is 13.6. The minimum atomic E-state index is -0.341. The van der Waals surface area contributed by atoms with Gasteiger partial charge >= 0.3 is 11.9 Å². The first-order valence-electron chi connectivity index (χ1n) is 24.0. The van der Waals surface area contributed by atoms with Crippen LogP contribution in [-0.2, 0) is 20.4 Å². The number of aryl methyl sites for hydroxylation is 1. The highest BCUT2D eigenvalue weighted by Crippen LogP contribution is 2.50. The molecule has 0 N–H and O–H groups in total. The molecule has 0 fully saturated rings. The van der Waals surface area contributed by atoms with Crippen molar-refractivity contribution < 1.29 is 28.5 Å². The van der Waals surface area contributed by atoms with Crippen molar-refractivity contribution in [1.29, 1.82) is 0 Å². The molecule has 358 valence electrons. The Balaban J connectivity index is 0.000000257. The number of fused-ring (bicyclic) bond motifs is 3. The van der Waals surface area contributed by atoms with Crippen LogP contribution in [-0.4, -0.2) is 26.2 Å². The molecule has 9 rings (SSSR count). The number of hydrogen-bond acceptors (Lipinski definition) is 7. The van der Waals surface area contributed by atoms with Gasteiger partial charge in [-0.25, -0.2) is 0 Å². The predicted molar refractivity (Wildman–Crippen MR) is 289 cm³/mol. The second kappa shape index (κ2) is 21.2. The van der Waals surface area contributed by atoms with E-state index in [0.717, 1.165) is 57.2 Å². The molecular formula is C64H61NO6. The van der Waals surface area contributed by atoms with Crippen LogP contribution < -0.4 is 23.8 Å². The number of carbonyl (C=O) groups is 2. The molecule has 0 saturated carbocycles. The molecule has 0 aliphatic heterocycles. The van der Waals surface area contributed by atoms with E-state index in [1.54, 1.807) is 14.2 Å². The number of hydrogen-bond donors (Lipinski definition) is 0. The Morgan fingerprint density at radius 3 is 1.46 bits per heavy atom. The normalized spacial score (nSPS) is 13.1. The van der Waals surface area contributed by atoms with Gasteiger partial charge in [-0.1, -0.05) is 136 Å². The number of rotatable bonds is 13. The lowest BCUT2D eigenvalue weighted by atomic mass is 9.74. The fraction of sp³-hybridized carbons (Fsp3) is 0.188. The molecule has 0 bridgehead atoms. The van der Waals surface area contributed by atoms with Gasteiger partial charge < -0.3 is 23.8 Å². The standard InChI is InChI=1S/C45H39NO3.C19H22O3/c1-30-10-18-35(19-11-30)46(37-22-27-41-40-8-6-7-9-43(40)45(3,4)44(41)29-37)36-20-12-32(13-21-36)28-42(33-14-23-38(48-5)24-15-33)34-16-25-39(26-17-34)49-31(2)47;1-5-19(3,15-6-10-17(21-4)11-7-15)16-8-12-18(13-9-16)22-14(2)20/h6-29H,1-5H3;6-13H,5H2,1-4H3/b42-28+;. The maximum Gasteiger partial charge on any atom is 0.308 e. The topological polar surface area (TPSA) is 74.3 Å². The molecule has 7 nitrogen and oxygen atoms in total. The summed E-state index contributed by atoms with van der Waals surface area (Å²) in [7, 11) is 3.34. The SMILES string of the molecule is CCC(C)(c1ccc(OC)cc1)c1ccc(OC(C)=O)cc1.COc1ccc(/C(=C\c2ccc(N(c3ccc(C)cc3)c3ccc4c(c3)C(C)(C)c3ccccc3-4)cc2)c2ccc(OC(C)=O)cc2)cc1. The summed E-state index contributed by atoms with van der Waals surface area (Å²) in [6.07, 6.45) is 3.16. The quantitative estimate of drug-likeness (QED) is 0.0647. The Bertz CT molecular complexity index is 3150. The van der Waals surface area contributed by atoms with Gasteiger partial charge in [0, 0.05) is 41.7 Å². The van der Waals surface area contributed by atoms with Gasteiger partial charge in [0.2, 0.25) is 0 Å². The van der Waals surface area contributed by atoms with Crippen LogP contribution in [0, 0.1) is 6.92 Å². The maximum atomic E-state index is 11.5. The molecular weight excluding hydrogens is 879 g/mol. The molecule has 0 radical (unpaired) electrons. The smallest absolute Gasteiger partial charge is 0.308 e. The molecule has 1 aliphatic rings. The Labute approximate surface area is 419 Å². The van der Waals surface area contributed by atoms with E-state index in [4.69, 9.17) is 18.9 Å². The Hall–Kier alpha value is -8.16. The molecule has 8 aromatic carbocycles. The van der Waals surface area contributed by atoms with Gasteiger partial charge in [0.1, 0.15) is 23.0 Å². The van der Waals surface area contributed by atoms with Crippen LogP contribution in [0.5, 0.6) is 23.0 Å². The summed E-state index contributed by atoms with van der Waals surface area (Å²) in [6, 6.07) is 64.6. The van der Waals surface area contributed by atoms with Crippen molar-refractivity contribution in [2.75, 3.05) is 19.1 Å². The lowest BCUT2D eigenvalue weighted by molar-refractivity contribution is -0.132. The Kier molecular flexibility index (Phi) is 14.7. The van der Waals surface area contributed by atoms with Gasteiger partial charge in [-0.05, 0) is 160 Å². The third-order valence-electron chi connectivity index (χ3n) is 13.6. The number of anilines is 3. The van der Waals surface area contributed by atoms with Crippen LogP contribution >= 0.6 is 0 Å². The highest BCUT2D eigenvalue weighted by atomic mass is 16.5. The predicted octanol–water partition coefficient (Wildman–Crippen LogP) is 15.6. The van der Waals surface area contributed by atoms with Crippen LogP contribution in [0.25, 0.3) is 22.8 Å². The number of ether oxygens (including phenoxy) is 4. The summed E-state index contributed by atoms with van der Waals surface area (Å²) in [5, 5.41) is 0. The van der Waals surface area contributed by atoms with Crippen molar-refractivity contribution in [1.82, 2.24) is 0 Å². The van der Waals surface area contributed by atoms with Gasteiger partial charge in [-0.2, -0.15) is 0 Å². The molecule has 1 atom stereocenters. The monoisotopic (exact) mass is 939 g/mol. The number of esters is 2. The molecule has 7 heteroatoms. The zero-order chi connectivity index (χ0) is 50.3. The van der Waals surface area contributed by atoms with E-state index in [9.17, 15) is 9.59 Å². The third kappa shape index (κ3) is 10.9. The minimum absolute atomic E-state index is 0.0935.